The molecule has 3 aromatic rings. The minimum atomic E-state index is 0.690. The van der Waals surface area contributed by atoms with Crippen LogP contribution in [0.3, 0.4) is 0 Å². The molecule has 2 aromatic heterocycles. The van der Waals surface area contributed by atoms with Crippen LogP contribution in [0, 0.1) is 6.92 Å². The summed E-state index contributed by atoms with van der Waals surface area (Å²) in [4.78, 5) is 7.58. The minimum absolute atomic E-state index is 0.690. The van der Waals surface area contributed by atoms with Gasteiger partial charge in [-0.05, 0) is 30.2 Å². The summed E-state index contributed by atoms with van der Waals surface area (Å²) < 4.78 is 0. The molecule has 19 heavy (non-hydrogen) atoms. The SMILES string of the molecule is Cc1cc(N)cnc1NCc1c[nH]c2ccccc12. The van der Waals surface area contributed by atoms with E-state index >= 15 is 0 Å². The average Bonchev–Trinajstić information content (AvgIpc) is 2.81. The number of para-hydroxylation sites is 1. The first-order valence-electron chi connectivity index (χ1n) is 6.25. The molecule has 0 amide bonds. The summed E-state index contributed by atoms with van der Waals surface area (Å²) in [5.74, 6) is 0.875. The Morgan fingerprint density at radius 1 is 1.32 bits per heavy atom. The lowest BCUT2D eigenvalue weighted by Crippen LogP contribution is -2.03. The van der Waals surface area contributed by atoms with Gasteiger partial charge in [-0.25, -0.2) is 4.98 Å². The Balaban J connectivity index is 1.82. The molecule has 0 aliphatic rings. The van der Waals surface area contributed by atoms with Gasteiger partial charge in [0, 0.05) is 23.6 Å². The molecule has 0 atom stereocenters. The van der Waals surface area contributed by atoms with E-state index in [0.29, 0.717) is 5.69 Å². The summed E-state index contributed by atoms with van der Waals surface area (Å²) in [7, 11) is 0. The maximum absolute atomic E-state index is 5.70. The molecule has 0 aliphatic heterocycles. The van der Waals surface area contributed by atoms with E-state index in [2.05, 4.69) is 27.4 Å². The third-order valence-corrected chi connectivity index (χ3v) is 3.22. The van der Waals surface area contributed by atoms with E-state index in [0.717, 1.165) is 23.4 Å². The zero-order valence-corrected chi connectivity index (χ0v) is 10.8. The average molecular weight is 252 g/mol. The molecule has 0 fully saturated rings. The van der Waals surface area contributed by atoms with E-state index in [4.69, 9.17) is 5.73 Å². The maximum atomic E-state index is 5.70. The van der Waals surface area contributed by atoms with Gasteiger partial charge in [-0.1, -0.05) is 18.2 Å². The number of aryl methyl sites for hydroxylation is 1. The van der Waals surface area contributed by atoms with E-state index in [9.17, 15) is 0 Å². The number of benzene rings is 1. The van der Waals surface area contributed by atoms with Gasteiger partial charge in [-0.15, -0.1) is 0 Å². The standard InChI is InChI=1S/C15H16N4/c1-10-6-12(16)9-19-15(10)18-8-11-7-17-14-5-3-2-4-13(11)14/h2-7,9,17H,8,16H2,1H3,(H,18,19). The molecule has 3 rings (SSSR count). The first kappa shape index (κ1) is 11.6. The fraction of sp³-hybridized carbons (Fsp3) is 0.133. The Morgan fingerprint density at radius 3 is 3.00 bits per heavy atom. The van der Waals surface area contributed by atoms with Gasteiger partial charge >= 0.3 is 0 Å². The van der Waals surface area contributed by atoms with Crippen molar-refractivity contribution < 1.29 is 0 Å². The number of aromatic nitrogens is 2. The molecule has 0 unspecified atom stereocenters. The smallest absolute Gasteiger partial charge is 0.129 e. The van der Waals surface area contributed by atoms with Crippen LogP contribution in [-0.4, -0.2) is 9.97 Å². The summed E-state index contributed by atoms with van der Waals surface area (Å²) in [6.45, 7) is 2.74. The second-order valence-electron chi connectivity index (χ2n) is 4.65. The third kappa shape index (κ3) is 2.25. The quantitative estimate of drug-likeness (QED) is 0.671. The molecular formula is C15H16N4. The lowest BCUT2D eigenvalue weighted by atomic mass is 10.2. The molecule has 4 heteroatoms. The molecule has 96 valence electrons. The van der Waals surface area contributed by atoms with Crippen molar-refractivity contribution >= 4 is 22.4 Å². The third-order valence-electron chi connectivity index (χ3n) is 3.22. The molecule has 4 N–H and O–H groups in total. The monoisotopic (exact) mass is 252 g/mol. The van der Waals surface area contributed by atoms with Gasteiger partial charge in [-0.2, -0.15) is 0 Å². The van der Waals surface area contributed by atoms with Gasteiger partial charge < -0.3 is 16.0 Å². The van der Waals surface area contributed by atoms with Gasteiger partial charge in [0.25, 0.3) is 0 Å². The largest absolute Gasteiger partial charge is 0.397 e. The van der Waals surface area contributed by atoms with Crippen molar-refractivity contribution in [2.75, 3.05) is 11.1 Å². The van der Waals surface area contributed by atoms with Crippen LogP contribution in [0.25, 0.3) is 10.9 Å². The highest BCUT2D eigenvalue weighted by atomic mass is 15.0. The maximum Gasteiger partial charge on any atom is 0.129 e. The minimum Gasteiger partial charge on any atom is -0.397 e. The Kier molecular flexibility index (Phi) is 2.83. The molecular weight excluding hydrogens is 236 g/mol. The highest BCUT2D eigenvalue weighted by Crippen LogP contribution is 2.20. The lowest BCUT2D eigenvalue weighted by Gasteiger charge is -2.08. The predicted octanol–water partition coefficient (Wildman–Crippen LogP) is 3.07. The Bertz CT molecular complexity index is 715. The second-order valence-corrected chi connectivity index (χ2v) is 4.65. The number of nitrogens with one attached hydrogen (secondary N) is 2. The van der Waals surface area contributed by atoms with Gasteiger partial charge in [0.1, 0.15) is 5.82 Å². The highest BCUT2D eigenvalue weighted by Gasteiger charge is 2.04. The molecule has 1 aromatic carbocycles. The van der Waals surface area contributed by atoms with E-state index in [1.807, 2.05) is 31.3 Å². The van der Waals surface area contributed by atoms with Gasteiger partial charge in [0.15, 0.2) is 0 Å². The number of fused-ring (bicyclic) bond motifs is 1. The van der Waals surface area contributed by atoms with Crippen LogP contribution in [0.2, 0.25) is 0 Å². The fourth-order valence-electron chi connectivity index (χ4n) is 2.24. The van der Waals surface area contributed by atoms with Crippen LogP contribution in [-0.2, 0) is 6.54 Å². The number of hydrogen-bond donors (Lipinski definition) is 3. The van der Waals surface area contributed by atoms with Crippen LogP contribution in [0.5, 0.6) is 0 Å². The molecule has 2 heterocycles. The van der Waals surface area contributed by atoms with Crippen LogP contribution in [0.4, 0.5) is 11.5 Å². The number of hydrogen-bond acceptors (Lipinski definition) is 3. The van der Waals surface area contributed by atoms with Crippen molar-refractivity contribution in [2.24, 2.45) is 0 Å². The first-order valence-corrected chi connectivity index (χ1v) is 6.25. The summed E-state index contributed by atoms with van der Waals surface area (Å²) >= 11 is 0. The van der Waals surface area contributed by atoms with E-state index in [1.165, 1.54) is 10.9 Å². The topological polar surface area (TPSA) is 66.7 Å². The number of anilines is 2. The number of aromatic amines is 1. The number of pyridine rings is 1. The molecule has 0 radical (unpaired) electrons. The summed E-state index contributed by atoms with van der Waals surface area (Å²) in [5, 5.41) is 4.59. The Labute approximate surface area is 111 Å². The normalized spacial score (nSPS) is 10.8. The molecule has 4 nitrogen and oxygen atoms in total. The Hall–Kier alpha value is -2.49. The van der Waals surface area contributed by atoms with E-state index in [-0.39, 0.29) is 0 Å². The molecule has 0 bridgehead atoms. The van der Waals surface area contributed by atoms with E-state index < -0.39 is 0 Å². The van der Waals surface area contributed by atoms with Gasteiger partial charge in [-0.3, -0.25) is 0 Å². The number of H-pyrrole nitrogens is 1. The highest BCUT2D eigenvalue weighted by molar-refractivity contribution is 5.83. The summed E-state index contributed by atoms with van der Waals surface area (Å²) in [6.07, 6.45) is 3.70. The summed E-state index contributed by atoms with van der Waals surface area (Å²) in [5.41, 5.74) is 9.83. The zero-order valence-electron chi connectivity index (χ0n) is 10.8. The molecule has 0 aliphatic carbocycles. The molecule has 0 saturated carbocycles. The molecule has 0 spiro atoms. The van der Waals surface area contributed by atoms with Crippen LogP contribution >= 0.6 is 0 Å². The van der Waals surface area contributed by atoms with Gasteiger partial charge in [0.2, 0.25) is 0 Å². The van der Waals surface area contributed by atoms with Crippen molar-refractivity contribution in [3.63, 3.8) is 0 Å². The van der Waals surface area contributed by atoms with Crippen molar-refractivity contribution in [2.45, 2.75) is 13.5 Å². The van der Waals surface area contributed by atoms with Crippen molar-refractivity contribution in [1.29, 1.82) is 0 Å². The van der Waals surface area contributed by atoms with Crippen LogP contribution in [0.15, 0.2) is 42.7 Å². The van der Waals surface area contributed by atoms with Crippen molar-refractivity contribution in [3.8, 4) is 0 Å². The van der Waals surface area contributed by atoms with Gasteiger partial charge in [0.05, 0.1) is 11.9 Å². The van der Waals surface area contributed by atoms with E-state index in [1.54, 1.807) is 6.20 Å². The van der Waals surface area contributed by atoms with Crippen LogP contribution in [0.1, 0.15) is 11.1 Å². The number of nitrogens with two attached hydrogens (primary N) is 1. The second kappa shape index (κ2) is 4.65. The number of rotatable bonds is 3. The number of nitrogen functional groups attached to an aromatic ring is 1. The Morgan fingerprint density at radius 2 is 2.16 bits per heavy atom. The zero-order chi connectivity index (χ0) is 13.2. The van der Waals surface area contributed by atoms with Crippen LogP contribution < -0.4 is 11.1 Å². The fourth-order valence-corrected chi connectivity index (χ4v) is 2.24. The predicted molar refractivity (Wildman–Crippen MR) is 79.0 cm³/mol. The van der Waals surface area contributed by atoms with Crippen molar-refractivity contribution in [3.05, 3.63) is 53.9 Å². The molecule has 0 saturated heterocycles. The number of nitrogens with zero attached hydrogens (tertiary/aromatic N) is 1. The van der Waals surface area contributed by atoms with Crippen molar-refractivity contribution in [1.82, 2.24) is 9.97 Å². The lowest BCUT2D eigenvalue weighted by molar-refractivity contribution is 1.11. The summed E-state index contributed by atoms with van der Waals surface area (Å²) in [6, 6.07) is 10.2. The first-order chi connectivity index (χ1) is 9.24.